The van der Waals surface area contributed by atoms with Crippen molar-refractivity contribution in [2.45, 2.75) is 19.6 Å². The van der Waals surface area contributed by atoms with Gasteiger partial charge in [-0.1, -0.05) is 78.0 Å². The molecular formula is C32H22N2O5. The molecule has 6 aromatic rings. The Morgan fingerprint density at radius 3 is 2.54 bits per heavy atom. The van der Waals surface area contributed by atoms with Crippen LogP contribution in [0.5, 0.6) is 5.75 Å². The van der Waals surface area contributed by atoms with Crippen molar-refractivity contribution >= 4 is 33.5 Å². The molecule has 190 valence electrons. The zero-order valence-corrected chi connectivity index (χ0v) is 21.0. The van der Waals surface area contributed by atoms with E-state index in [-0.39, 0.29) is 16.8 Å². The van der Waals surface area contributed by atoms with Gasteiger partial charge in [-0.25, -0.2) is 0 Å². The van der Waals surface area contributed by atoms with Crippen LogP contribution in [0.1, 0.15) is 39.0 Å². The Bertz CT molecular complexity index is 1940. The van der Waals surface area contributed by atoms with E-state index in [2.05, 4.69) is 5.16 Å². The molecule has 0 saturated heterocycles. The molecule has 3 heterocycles. The van der Waals surface area contributed by atoms with Crippen molar-refractivity contribution in [1.29, 1.82) is 0 Å². The Kier molecular flexibility index (Phi) is 5.30. The molecule has 7 heteroatoms. The maximum atomic E-state index is 14.2. The molecule has 0 radical (unpaired) electrons. The van der Waals surface area contributed by atoms with E-state index in [4.69, 9.17) is 13.7 Å². The highest BCUT2D eigenvalue weighted by molar-refractivity contribution is 6.12. The largest absolute Gasteiger partial charge is 0.489 e. The number of anilines is 1. The number of hydrogen-bond acceptors (Lipinski definition) is 6. The van der Waals surface area contributed by atoms with Crippen LogP contribution in [0.2, 0.25) is 0 Å². The topological polar surface area (TPSA) is 85.8 Å². The third-order valence-corrected chi connectivity index (χ3v) is 7.05. The highest BCUT2D eigenvalue weighted by atomic mass is 16.5. The minimum atomic E-state index is -0.781. The Balaban J connectivity index is 1.41. The third-order valence-electron chi connectivity index (χ3n) is 7.05. The minimum absolute atomic E-state index is 0.00374. The number of aryl methyl sites for hydroxylation is 1. The molecular weight excluding hydrogens is 492 g/mol. The van der Waals surface area contributed by atoms with Gasteiger partial charge in [0.1, 0.15) is 23.7 Å². The summed E-state index contributed by atoms with van der Waals surface area (Å²) in [7, 11) is 0. The van der Waals surface area contributed by atoms with Crippen LogP contribution in [0.25, 0.3) is 21.7 Å². The lowest BCUT2D eigenvalue weighted by Gasteiger charge is -2.23. The van der Waals surface area contributed by atoms with Gasteiger partial charge in [-0.2, -0.15) is 0 Å². The van der Waals surface area contributed by atoms with Crippen molar-refractivity contribution in [3.63, 3.8) is 0 Å². The van der Waals surface area contributed by atoms with Gasteiger partial charge in [0.2, 0.25) is 5.76 Å². The van der Waals surface area contributed by atoms with Gasteiger partial charge in [0.05, 0.1) is 17.0 Å². The lowest BCUT2D eigenvalue weighted by atomic mass is 9.96. The molecule has 0 aliphatic carbocycles. The van der Waals surface area contributed by atoms with Crippen LogP contribution >= 0.6 is 0 Å². The molecule has 1 atom stereocenters. The van der Waals surface area contributed by atoms with Crippen LogP contribution in [0.3, 0.4) is 0 Å². The van der Waals surface area contributed by atoms with E-state index in [9.17, 15) is 9.59 Å². The molecule has 1 amide bonds. The van der Waals surface area contributed by atoms with Crippen LogP contribution in [-0.2, 0) is 6.61 Å². The number of fused-ring (bicyclic) bond motifs is 4. The van der Waals surface area contributed by atoms with E-state index in [1.54, 1.807) is 19.1 Å². The number of carbonyl (C=O) groups excluding carboxylic acids is 1. The second-order valence-electron chi connectivity index (χ2n) is 9.55. The van der Waals surface area contributed by atoms with Crippen molar-refractivity contribution in [2.24, 2.45) is 0 Å². The van der Waals surface area contributed by atoms with Crippen LogP contribution < -0.4 is 15.1 Å². The fourth-order valence-corrected chi connectivity index (χ4v) is 5.27. The van der Waals surface area contributed by atoms with Crippen LogP contribution in [0.15, 0.2) is 111 Å². The quantitative estimate of drug-likeness (QED) is 0.242. The summed E-state index contributed by atoms with van der Waals surface area (Å²) in [5.74, 6) is 1.01. The molecule has 1 aliphatic rings. The zero-order valence-electron chi connectivity index (χ0n) is 21.0. The van der Waals surface area contributed by atoms with Gasteiger partial charge in [-0.3, -0.25) is 14.5 Å². The predicted octanol–water partition coefficient (Wildman–Crippen LogP) is 6.57. The number of ether oxygens (including phenoxy) is 1. The van der Waals surface area contributed by atoms with Crippen molar-refractivity contribution in [3.8, 4) is 5.75 Å². The summed E-state index contributed by atoms with van der Waals surface area (Å²) in [5, 5.41) is 6.24. The molecule has 4 aromatic carbocycles. The Morgan fingerprint density at radius 2 is 1.72 bits per heavy atom. The lowest BCUT2D eigenvalue weighted by molar-refractivity contribution is 0.0969. The summed E-state index contributed by atoms with van der Waals surface area (Å²) in [6.45, 7) is 2.14. The molecule has 0 saturated carbocycles. The van der Waals surface area contributed by atoms with Crippen molar-refractivity contribution < 1.29 is 18.5 Å². The maximum absolute atomic E-state index is 14.2. The summed E-state index contributed by atoms with van der Waals surface area (Å²) in [6.07, 6.45) is 0. The number of rotatable bonds is 5. The number of aromatic nitrogens is 1. The first kappa shape index (κ1) is 23.0. The summed E-state index contributed by atoms with van der Waals surface area (Å²) >= 11 is 0. The van der Waals surface area contributed by atoms with Gasteiger partial charge in [0, 0.05) is 6.07 Å². The van der Waals surface area contributed by atoms with Gasteiger partial charge in [0.15, 0.2) is 11.2 Å². The molecule has 0 spiro atoms. The van der Waals surface area contributed by atoms with E-state index >= 15 is 0 Å². The van der Waals surface area contributed by atoms with Gasteiger partial charge in [-0.15, -0.1) is 0 Å². The van der Waals surface area contributed by atoms with E-state index < -0.39 is 11.9 Å². The molecule has 0 fully saturated rings. The van der Waals surface area contributed by atoms with Gasteiger partial charge < -0.3 is 13.7 Å². The molecule has 0 N–H and O–H groups in total. The molecule has 2 aromatic heterocycles. The highest BCUT2D eigenvalue weighted by Gasteiger charge is 2.45. The molecule has 39 heavy (non-hydrogen) atoms. The molecule has 7 rings (SSSR count). The number of benzene rings is 4. The SMILES string of the molecule is Cc1cc(N2C(=O)c3oc4ccc5ccccc5c4c(=O)c3C2c2cccc(OCc3ccccc3)c2)no1. The smallest absolute Gasteiger partial charge is 0.296 e. The zero-order chi connectivity index (χ0) is 26.5. The summed E-state index contributed by atoms with van der Waals surface area (Å²) in [5.41, 5.74) is 2.11. The van der Waals surface area contributed by atoms with Gasteiger partial charge >= 0.3 is 0 Å². The normalized spacial score (nSPS) is 14.7. The minimum Gasteiger partial charge on any atom is -0.489 e. The van der Waals surface area contributed by atoms with E-state index in [0.717, 1.165) is 16.3 Å². The molecule has 1 aliphatic heterocycles. The van der Waals surface area contributed by atoms with Crippen molar-refractivity contribution in [2.75, 3.05) is 4.90 Å². The Morgan fingerprint density at radius 1 is 0.897 bits per heavy atom. The van der Waals surface area contributed by atoms with Gasteiger partial charge in [0.25, 0.3) is 5.91 Å². The average Bonchev–Trinajstić information content (AvgIpc) is 3.53. The number of nitrogens with zero attached hydrogens (tertiary/aromatic N) is 2. The fourth-order valence-electron chi connectivity index (χ4n) is 5.27. The summed E-state index contributed by atoms with van der Waals surface area (Å²) < 4.78 is 17.5. The maximum Gasteiger partial charge on any atom is 0.296 e. The van der Waals surface area contributed by atoms with Crippen LogP contribution in [0.4, 0.5) is 5.82 Å². The van der Waals surface area contributed by atoms with Gasteiger partial charge in [-0.05, 0) is 47.0 Å². The van der Waals surface area contributed by atoms with E-state index in [0.29, 0.717) is 40.5 Å². The Hall–Kier alpha value is -5.17. The predicted molar refractivity (Wildman–Crippen MR) is 147 cm³/mol. The first-order valence-corrected chi connectivity index (χ1v) is 12.6. The molecule has 0 bridgehead atoms. The second-order valence-corrected chi connectivity index (χ2v) is 9.55. The van der Waals surface area contributed by atoms with Crippen LogP contribution in [0, 0.1) is 6.92 Å². The highest BCUT2D eigenvalue weighted by Crippen LogP contribution is 2.42. The first-order chi connectivity index (χ1) is 19.1. The van der Waals surface area contributed by atoms with Crippen molar-refractivity contribution in [1.82, 2.24) is 5.16 Å². The summed E-state index contributed by atoms with van der Waals surface area (Å²) in [4.78, 5) is 29.5. The van der Waals surface area contributed by atoms with Crippen molar-refractivity contribution in [3.05, 3.63) is 135 Å². The monoisotopic (exact) mass is 514 g/mol. The second kappa shape index (κ2) is 8.99. The van der Waals surface area contributed by atoms with E-state index in [1.165, 1.54) is 4.90 Å². The average molecular weight is 515 g/mol. The van der Waals surface area contributed by atoms with E-state index in [1.807, 2.05) is 84.9 Å². The Labute approximate surface area is 222 Å². The molecule has 1 unspecified atom stereocenters. The lowest BCUT2D eigenvalue weighted by Crippen LogP contribution is -2.29. The van der Waals surface area contributed by atoms with Crippen LogP contribution in [-0.4, -0.2) is 11.1 Å². The fraction of sp³-hybridized carbons (Fsp3) is 0.0938. The number of hydrogen-bond donors (Lipinski definition) is 0. The summed E-state index contributed by atoms with van der Waals surface area (Å²) in [6, 6.07) is 29.4. The standard InChI is InChI=1S/C32H22N2O5/c1-19-16-26(33-39-19)34-29(22-11-7-12-23(17-22)37-18-20-8-3-2-4-9-20)28-30(35)27-24-13-6-5-10-21(24)14-15-25(27)38-31(28)32(34)36/h2-17,29H,18H2,1H3. The molecule has 7 nitrogen and oxygen atoms in total. The third kappa shape index (κ3) is 3.78. The number of carbonyl (C=O) groups is 1. The number of amides is 1. The first-order valence-electron chi connectivity index (χ1n) is 12.6.